The Kier molecular flexibility index (Phi) is 5.33. The van der Waals surface area contributed by atoms with Crippen molar-refractivity contribution in [2.45, 2.75) is 6.92 Å². The molecule has 132 valence electrons. The van der Waals surface area contributed by atoms with E-state index in [-0.39, 0.29) is 5.91 Å². The molecule has 7 nitrogen and oxygen atoms in total. The molecule has 1 N–H and O–H groups in total. The number of aromatic nitrogens is 2. The number of carbonyl (C=O) groups excluding carboxylic acids is 1. The number of hydrogen-bond acceptors (Lipinski definition) is 6. The van der Waals surface area contributed by atoms with Crippen LogP contribution in [0, 0.1) is 0 Å². The summed E-state index contributed by atoms with van der Waals surface area (Å²) in [6.07, 6.45) is 0. The first kappa shape index (κ1) is 17.0. The van der Waals surface area contributed by atoms with Gasteiger partial charge in [0.25, 0.3) is 5.91 Å². The standard InChI is InChI=1S/C18H23N5O2/c1-3-19-16-7-8-17(21-20-16)22-9-11-23(12-10-22)18(24)14-5-4-6-15(13-14)25-2/h4-8,13H,3,9-12H2,1-2H3,(H,19,20). The zero-order chi connectivity index (χ0) is 17.6. The number of hydrogen-bond donors (Lipinski definition) is 1. The van der Waals surface area contributed by atoms with Crippen molar-refractivity contribution in [1.82, 2.24) is 15.1 Å². The molecule has 0 atom stereocenters. The molecule has 0 aliphatic carbocycles. The smallest absolute Gasteiger partial charge is 0.254 e. The summed E-state index contributed by atoms with van der Waals surface area (Å²) in [7, 11) is 1.60. The zero-order valence-electron chi connectivity index (χ0n) is 14.6. The average molecular weight is 341 g/mol. The Bertz CT molecular complexity index is 712. The molecule has 1 aliphatic rings. The first-order valence-electron chi connectivity index (χ1n) is 8.47. The highest BCUT2D eigenvalue weighted by atomic mass is 16.5. The van der Waals surface area contributed by atoms with E-state index in [0.717, 1.165) is 31.3 Å². The Labute approximate surface area is 147 Å². The second-order valence-electron chi connectivity index (χ2n) is 5.82. The summed E-state index contributed by atoms with van der Waals surface area (Å²) >= 11 is 0. The van der Waals surface area contributed by atoms with Crippen LogP contribution in [0.25, 0.3) is 0 Å². The van der Waals surface area contributed by atoms with Crippen molar-refractivity contribution in [3.63, 3.8) is 0 Å². The van der Waals surface area contributed by atoms with Gasteiger partial charge in [-0.15, -0.1) is 10.2 Å². The molecule has 1 saturated heterocycles. The van der Waals surface area contributed by atoms with Crippen molar-refractivity contribution in [1.29, 1.82) is 0 Å². The van der Waals surface area contributed by atoms with Crippen LogP contribution in [-0.4, -0.2) is 60.8 Å². The Morgan fingerprint density at radius 2 is 1.96 bits per heavy atom. The molecule has 2 aromatic rings. The van der Waals surface area contributed by atoms with Crippen molar-refractivity contribution < 1.29 is 9.53 Å². The van der Waals surface area contributed by atoms with Gasteiger partial charge in [-0.2, -0.15) is 0 Å². The summed E-state index contributed by atoms with van der Waals surface area (Å²) in [4.78, 5) is 16.7. The number of carbonyl (C=O) groups is 1. The van der Waals surface area contributed by atoms with E-state index in [9.17, 15) is 4.79 Å². The number of nitrogens with zero attached hydrogens (tertiary/aromatic N) is 4. The number of benzene rings is 1. The molecule has 2 heterocycles. The third kappa shape index (κ3) is 3.99. The van der Waals surface area contributed by atoms with Crippen molar-refractivity contribution in [2.24, 2.45) is 0 Å². The summed E-state index contributed by atoms with van der Waals surface area (Å²) in [6, 6.07) is 11.2. The molecule has 7 heteroatoms. The Morgan fingerprint density at radius 3 is 2.60 bits per heavy atom. The molecular formula is C18H23N5O2. The van der Waals surface area contributed by atoms with Crippen molar-refractivity contribution in [3.8, 4) is 5.75 Å². The van der Waals surface area contributed by atoms with Crippen molar-refractivity contribution in [3.05, 3.63) is 42.0 Å². The SMILES string of the molecule is CCNc1ccc(N2CCN(C(=O)c3cccc(OC)c3)CC2)nn1. The van der Waals surface area contributed by atoms with Crippen molar-refractivity contribution >= 4 is 17.5 Å². The van der Waals surface area contributed by atoms with Gasteiger partial charge in [-0.3, -0.25) is 4.79 Å². The first-order chi connectivity index (χ1) is 12.2. The van der Waals surface area contributed by atoms with Gasteiger partial charge < -0.3 is 19.9 Å². The van der Waals surface area contributed by atoms with E-state index in [4.69, 9.17) is 4.74 Å². The van der Waals surface area contributed by atoms with Crippen LogP contribution in [0.5, 0.6) is 5.75 Å². The van der Waals surface area contributed by atoms with Gasteiger partial charge in [0.2, 0.25) is 0 Å². The largest absolute Gasteiger partial charge is 0.497 e. The highest BCUT2D eigenvalue weighted by molar-refractivity contribution is 5.94. The van der Waals surface area contributed by atoms with Gasteiger partial charge in [-0.1, -0.05) is 6.07 Å². The second kappa shape index (κ2) is 7.83. The summed E-state index contributed by atoms with van der Waals surface area (Å²) in [5.74, 6) is 2.35. The number of nitrogens with one attached hydrogen (secondary N) is 1. The molecule has 25 heavy (non-hydrogen) atoms. The van der Waals surface area contributed by atoms with Gasteiger partial charge in [0, 0.05) is 38.3 Å². The molecular weight excluding hydrogens is 318 g/mol. The summed E-state index contributed by atoms with van der Waals surface area (Å²) in [6.45, 7) is 5.64. The van der Waals surface area contributed by atoms with Crippen LogP contribution in [0.3, 0.4) is 0 Å². The minimum Gasteiger partial charge on any atom is -0.497 e. The number of piperazine rings is 1. The fraction of sp³-hybridized carbons (Fsp3) is 0.389. The minimum atomic E-state index is 0.0344. The van der Waals surface area contributed by atoms with Crippen LogP contribution in [0.2, 0.25) is 0 Å². The fourth-order valence-electron chi connectivity index (χ4n) is 2.85. The van der Waals surface area contributed by atoms with E-state index in [2.05, 4.69) is 20.4 Å². The second-order valence-corrected chi connectivity index (χ2v) is 5.82. The minimum absolute atomic E-state index is 0.0344. The fourth-order valence-corrected chi connectivity index (χ4v) is 2.85. The number of anilines is 2. The first-order valence-corrected chi connectivity index (χ1v) is 8.47. The molecule has 1 fully saturated rings. The predicted octanol–water partition coefficient (Wildman–Crippen LogP) is 1.88. The number of rotatable bonds is 5. The molecule has 1 amide bonds. The van der Waals surface area contributed by atoms with E-state index in [1.165, 1.54) is 0 Å². The topological polar surface area (TPSA) is 70.6 Å². The molecule has 1 aromatic carbocycles. The Morgan fingerprint density at radius 1 is 1.16 bits per heavy atom. The Balaban J connectivity index is 1.60. The maximum Gasteiger partial charge on any atom is 0.254 e. The van der Waals surface area contributed by atoms with E-state index >= 15 is 0 Å². The van der Waals surface area contributed by atoms with E-state index < -0.39 is 0 Å². The number of amides is 1. The molecule has 0 spiro atoms. The van der Waals surface area contributed by atoms with E-state index in [1.807, 2.05) is 42.2 Å². The molecule has 1 aliphatic heterocycles. The molecule has 0 saturated carbocycles. The zero-order valence-corrected chi connectivity index (χ0v) is 14.6. The predicted molar refractivity (Wildman–Crippen MR) is 97.3 cm³/mol. The number of methoxy groups -OCH3 is 1. The lowest BCUT2D eigenvalue weighted by Gasteiger charge is -2.35. The van der Waals surface area contributed by atoms with Gasteiger partial charge in [-0.25, -0.2) is 0 Å². The lowest BCUT2D eigenvalue weighted by Crippen LogP contribution is -2.49. The normalized spacial score (nSPS) is 14.3. The highest BCUT2D eigenvalue weighted by Gasteiger charge is 2.23. The van der Waals surface area contributed by atoms with Crippen LogP contribution >= 0.6 is 0 Å². The van der Waals surface area contributed by atoms with E-state index in [1.54, 1.807) is 13.2 Å². The third-order valence-electron chi connectivity index (χ3n) is 4.22. The average Bonchev–Trinajstić information content (AvgIpc) is 2.68. The van der Waals surface area contributed by atoms with Gasteiger partial charge >= 0.3 is 0 Å². The molecule has 1 aromatic heterocycles. The van der Waals surface area contributed by atoms with Crippen LogP contribution < -0.4 is 15.0 Å². The monoisotopic (exact) mass is 341 g/mol. The van der Waals surface area contributed by atoms with Gasteiger partial charge in [0.15, 0.2) is 5.82 Å². The van der Waals surface area contributed by atoms with E-state index in [0.29, 0.717) is 24.4 Å². The lowest BCUT2D eigenvalue weighted by atomic mass is 10.1. The van der Waals surface area contributed by atoms with Crippen LogP contribution in [-0.2, 0) is 0 Å². The molecule has 0 bridgehead atoms. The lowest BCUT2D eigenvalue weighted by molar-refractivity contribution is 0.0746. The van der Waals surface area contributed by atoms with Gasteiger partial charge in [0.05, 0.1) is 7.11 Å². The van der Waals surface area contributed by atoms with Crippen molar-refractivity contribution in [2.75, 3.05) is 50.1 Å². The molecule has 0 unspecified atom stereocenters. The third-order valence-corrected chi connectivity index (χ3v) is 4.22. The number of ether oxygens (including phenoxy) is 1. The van der Waals surface area contributed by atoms with Gasteiger partial charge in [-0.05, 0) is 37.3 Å². The summed E-state index contributed by atoms with van der Waals surface area (Å²) in [5.41, 5.74) is 0.655. The Hall–Kier alpha value is -2.83. The van der Waals surface area contributed by atoms with Crippen LogP contribution in [0.4, 0.5) is 11.6 Å². The highest BCUT2D eigenvalue weighted by Crippen LogP contribution is 2.18. The summed E-state index contributed by atoms with van der Waals surface area (Å²) < 4.78 is 5.19. The maximum absolute atomic E-state index is 12.6. The van der Waals surface area contributed by atoms with Crippen LogP contribution in [0.15, 0.2) is 36.4 Å². The molecule has 3 rings (SSSR count). The maximum atomic E-state index is 12.6. The quantitative estimate of drug-likeness (QED) is 0.895. The molecule has 0 radical (unpaired) electrons. The van der Waals surface area contributed by atoms with Gasteiger partial charge in [0.1, 0.15) is 11.6 Å². The van der Waals surface area contributed by atoms with Crippen LogP contribution in [0.1, 0.15) is 17.3 Å². The summed E-state index contributed by atoms with van der Waals surface area (Å²) in [5, 5.41) is 11.6.